The Kier molecular flexibility index (Phi) is 8.09. The summed E-state index contributed by atoms with van der Waals surface area (Å²) in [5, 5.41) is 2.71. The lowest BCUT2D eigenvalue weighted by molar-refractivity contribution is -0.112. The first-order valence-corrected chi connectivity index (χ1v) is 9.50. The Morgan fingerprint density at radius 2 is 2.00 bits per heavy atom. The Morgan fingerprint density at radius 1 is 1.21 bits per heavy atom. The highest BCUT2D eigenvalue weighted by molar-refractivity contribution is 6.18. The van der Waals surface area contributed by atoms with E-state index < -0.39 is 5.97 Å². The van der Waals surface area contributed by atoms with Gasteiger partial charge in [0.2, 0.25) is 0 Å². The Labute approximate surface area is 170 Å². The van der Waals surface area contributed by atoms with Crippen LogP contribution < -0.4 is 10.1 Å². The van der Waals surface area contributed by atoms with Crippen LogP contribution in [0.5, 0.6) is 11.5 Å². The number of amides is 1. The summed E-state index contributed by atoms with van der Waals surface area (Å²) in [6.45, 7) is 8.36. The van der Waals surface area contributed by atoms with Crippen LogP contribution in [-0.4, -0.2) is 36.2 Å². The molecular formula is C22H25N3O4. The van der Waals surface area contributed by atoms with Crippen molar-refractivity contribution in [3.8, 4) is 11.5 Å². The maximum absolute atomic E-state index is 12.1. The third kappa shape index (κ3) is 5.75. The lowest BCUT2D eigenvalue weighted by Gasteiger charge is -2.12. The molecule has 0 atom stereocenters. The molecular weight excluding hydrogens is 370 g/mol. The molecule has 3 rings (SSSR count). The first-order chi connectivity index (χ1) is 14.1. The zero-order chi connectivity index (χ0) is 21.2. The highest BCUT2D eigenvalue weighted by Crippen LogP contribution is 2.28. The van der Waals surface area contributed by atoms with E-state index in [1.165, 1.54) is 12.4 Å². The molecule has 0 fully saturated rings. The Hall–Kier alpha value is -3.48. The van der Waals surface area contributed by atoms with Gasteiger partial charge in [-0.1, -0.05) is 19.9 Å². The van der Waals surface area contributed by atoms with E-state index >= 15 is 0 Å². The highest BCUT2D eigenvalue weighted by atomic mass is 16.5. The van der Waals surface area contributed by atoms with Gasteiger partial charge in [0.15, 0.2) is 0 Å². The number of nitrogens with one attached hydrogen (secondary N) is 1. The summed E-state index contributed by atoms with van der Waals surface area (Å²) in [5.74, 6) is 0.696. The molecule has 29 heavy (non-hydrogen) atoms. The normalized spacial score (nSPS) is 11.8. The Bertz CT molecular complexity index is 935. The predicted octanol–water partition coefficient (Wildman–Crippen LogP) is 4.33. The molecule has 1 N–H and O–H groups in total. The van der Waals surface area contributed by atoms with E-state index in [9.17, 15) is 9.59 Å². The van der Waals surface area contributed by atoms with Gasteiger partial charge >= 0.3 is 5.97 Å². The number of esters is 1. The molecule has 0 saturated carbocycles. The van der Waals surface area contributed by atoms with Crippen LogP contribution in [0.25, 0.3) is 0 Å². The fraction of sp³-hybridized carbons (Fsp3) is 0.273. The van der Waals surface area contributed by atoms with Crippen molar-refractivity contribution in [1.29, 1.82) is 0 Å². The lowest BCUT2D eigenvalue weighted by Crippen LogP contribution is -2.15. The van der Waals surface area contributed by atoms with Crippen LogP contribution in [0.3, 0.4) is 0 Å². The topological polar surface area (TPSA) is 89.9 Å². The summed E-state index contributed by atoms with van der Waals surface area (Å²) >= 11 is 0. The summed E-state index contributed by atoms with van der Waals surface area (Å²) < 4.78 is 10.9. The summed E-state index contributed by atoms with van der Waals surface area (Å²) in [5.41, 5.74) is 1.62. The van der Waals surface area contributed by atoms with Gasteiger partial charge < -0.3 is 14.8 Å². The number of anilines is 1. The number of hydrogen-bond donors (Lipinski definition) is 1. The molecule has 1 amide bonds. The zero-order valence-corrected chi connectivity index (χ0v) is 17.1. The van der Waals surface area contributed by atoms with Crippen LogP contribution in [0.2, 0.25) is 0 Å². The Balaban J connectivity index is 0.00000145. The van der Waals surface area contributed by atoms with Crippen molar-refractivity contribution >= 4 is 23.9 Å². The molecule has 0 saturated heterocycles. The van der Waals surface area contributed by atoms with Crippen LogP contribution in [0.4, 0.5) is 5.82 Å². The molecule has 0 unspecified atom stereocenters. The van der Waals surface area contributed by atoms with Crippen molar-refractivity contribution in [3.63, 3.8) is 0 Å². The molecule has 1 aromatic carbocycles. The van der Waals surface area contributed by atoms with Gasteiger partial charge in [-0.3, -0.25) is 9.79 Å². The van der Waals surface area contributed by atoms with Crippen molar-refractivity contribution in [2.24, 2.45) is 4.99 Å². The highest BCUT2D eigenvalue weighted by Gasteiger charge is 2.15. The molecule has 1 aliphatic rings. The second kappa shape index (κ2) is 10.8. The summed E-state index contributed by atoms with van der Waals surface area (Å²) in [4.78, 5) is 32.2. The fourth-order valence-corrected chi connectivity index (χ4v) is 2.52. The second-order valence-corrected chi connectivity index (χ2v) is 5.74. The summed E-state index contributed by atoms with van der Waals surface area (Å²) in [6.07, 6.45) is 4.80. The van der Waals surface area contributed by atoms with E-state index in [1.54, 1.807) is 50.3 Å². The minimum Gasteiger partial charge on any atom is -0.462 e. The third-order valence-electron chi connectivity index (χ3n) is 3.89. The average molecular weight is 395 g/mol. The van der Waals surface area contributed by atoms with Gasteiger partial charge in [0.05, 0.1) is 24.3 Å². The maximum Gasteiger partial charge on any atom is 0.338 e. The smallest absolute Gasteiger partial charge is 0.338 e. The van der Waals surface area contributed by atoms with Crippen molar-refractivity contribution < 1.29 is 19.1 Å². The van der Waals surface area contributed by atoms with Crippen LogP contribution in [0.1, 0.15) is 36.7 Å². The second-order valence-electron chi connectivity index (χ2n) is 5.74. The van der Waals surface area contributed by atoms with Crippen LogP contribution in [-0.2, 0) is 9.53 Å². The number of aromatic nitrogens is 1. The molecule has 1 aromatic heterocycles. The maximum atomic E-state index is 12.1. The number of benzene rings is 1. The van der Waals surface area contributed by atoms with E-state index in [4.69, 9.17) is 9.47 Å². The number of rotatable bonds is 6. The van der Waals surface area contributed by atoms with Crippen molar-refractivity contribution in [3.05, 3.63) is 59.3 Å². The fourth-order valence-electron chi connectivity index (χ4n) is 2.52. The molecule has 0 radical (unpaired) electrons. The number of nitrogens with zero attached hydrogens (tertiary/aromatic N) is 2. The number of pyridine rings is 1. The molecule has 0 bridgehead atoms. The monoisotopic (exact) mass is 395 g/mol. The minimum absolute atomic E-state index is 0.276. The standard InChI is InChI=1S/C20H19N3O4.C2H6/c1-3-26-20(25)16-5-4-6-17(13(16)2)27-15-8-10-22-18(11-15)23-19(24)14-7-9-21-12-14;1-2/h4-8,10-12H,3,9H2,1-2H3,(H,22,23,24);1-2H3. The number of hydrogen-bond acceptors (Lipinski definition) is 6. The average Bonchev–Trinajstić information content (AvgIpc) is 3.27. The van der Waals surface area contributed by atoms with Crippen LogP contribution in [0, 0.1) is 6.92 Å². The first-order valence-electron chi connectivity index (χ1n) is 9.50. The van der Waals surface area contributed by atoms with Gasteiger partial charge in [-0.15, -0.1) is 0 Å². The first kappa shape index (κ1) is 21.8. The van der Waals surface area contributed by atoms with Crippen LogP contribution >= 0.6 is 0 Å². The number of ether oxygens (including phenoxy) is 2. The van der Waals surface area contributed by atoms with Gasteiger partial charge in [0.1, 0.15) is 17.3 Å². The molecule has 7 heteroatoms. The number of carbonyl (C=O) groups excluding carboxylic acids is 2. The molecule has 7 nitrogen and oxygen atoms in total. The van der Waals surface area contributed by atoms with Gasteiger partial charge in [0.25, 0.3) is 5.91 Å². The van der Waals surface area contributed by atoms with Gasteiger partial charge in [-0.2, -0.15) is 0 Å². The van der Waals surface area contributed by atoms with Crippen molar-refractivity contribution in [2.45, 2.75) is 27.7 Å². The van der Waals surface area contributed by atoms with Gasteiger partial charge in [0, 0.05) is 24.0 Å². The number of carbonyl (C=O) groups is 2. The van der Waals surface area contributed by atoms with E-state index in [0.717, 1.165) is 0 Å². The largest absolute Gasteiger partial charge is 0.462 e. The molecule has 2 heterocycles. The van der Waals surface area contributed by atoms with Crippen LogP contribution in [0.15, 0.2) is 53.2 Å². The predicted molar refractivity (Wildman–Crippen MR) is 113 cm³/mol. The summed E-state index contributed by atoms with van der Waals surface area (Å²) in [7, 11) is 0. The third-order valence-corrected chi connectivity index (χ3v) is 3.89. The molecule has 0 spiro atoms. The molecule has 152 valence electrons. The quantitative estimate of drug-likeness (QED) is 0.735. The molecule has 0 aliphatic carbocycles. The lowest BCUT2D eigenvalue weighted by atomic mass is 10.1. The van der Waals surface area contributed by atoms with E-state index in [2.05, 4.69) is 15.3 Å². The molecule has 2 aromatic rings. The number of aliphatic imine (C=N–C) groups is 1. The van der Waals surface area contributed by atoms with Gasteiger partial charge in [-0.25, -0.2) is 9.78 Å². The van der Waals surface area contributed by atoms with Gasteiger partial charge in [-0.05, 0) is 38.1 Å². The van der Waals surface area contributed by atoms with E-state index in [0.29, 0.717) is 47.2 Å². The van der Waals surface area contributed by atoms with Crippen molar-refractivity contribution in [2.75, 3.05) is 18.5 Å². The van der Waals surface area contributed by atoms with E-state index in [-0.39, 0.29) is 5.91 Å². The summed E-state index contributed by atoms with van der Waals surface area (Å²) in [6, 6.07) is 8.46. The zero-order valence-electron chi connectivity index (χ0n) is 17.1. The SMILES string of the molecule is CC.CCOC(=O)c1cccc(Oc2ccnc(NC(=O)C3=CCN=C3)c2)c1C. The van der Waals surface area contributed by atoms with Crippen molar-refractivity contribution in [1.82, 2.24) is 4.98 Å². The molecule has 1 aliphatic heterocycles. The Morgan fingerprint density at radius 3 is 2.69 bits per heavy atom. The minimum atomic E-state index is -0.394. The van der Waals surface area contributed by atoms with E-state index in [1.807, 2.05) is 13.8 Å².